The van der Waals surface area contributed by atoms with Crippen LogP contribution in [0.5, 0.6) is 0 Å². The third-order valence-corrected chi connectivity index (χ3v) is 2.04. The highest BCUT2D eigenvalue weighted by Crippen LogP contribution is 2.20. The topological polar surface area (TPSA) is 49.8 Å². The molecule has 0 aromatic carbocycles. The number of β-amino-alcohol motifs (C(OH)–C–C–N with tert-alkyl or cyclic N) is 1. The molecule has 1 amide bonds. The first-order chi connectivity index (χ1) is 6.20. The van der Waals surface area contributed by atoms with Gasteiger partial charge in [-0.05, 0) is 27.7 Å². The zero-order valence-electron chi connectivity index (χ0n) is 9.33. The predicted molar refractivity (Wildman–Crippen MR) is 52.9 cm³/mol. The molecule has 1 N–H and O–H groups in total. The van der Waals surface area contributed by atoms with Gasteiger partial charge in [0.05, 0.1) is 24.3 Å². The summed E-state index contributed by atoms with van der Waals surface area (Å²) in [5, 5.41) is 9.43. The third kappa shape index (κ3) is 3.27. The van der Waals surface area contributed by atoms with Crippen LogP contribution in [0.2, 0.25) is 0 Å². The van der Waals surface area contributed by atoms with E-state index in [1.807, 2.05) is 20.8 Å². The number of carbonyl (C=O) groups excluding carboxylic acids is 1. The summed E-state index contributed by atoms with van der Waals surface area (Å²) in [4.78, 5) is 13.1. The maximum Gasteiger partial charge on any atom is 0.248 e. The molecule has 4 nitrogen and oxygen atoms in total. The molecule has 1 heterocycles. The van der Waals surface area contributed by atoms with Crippen molar-refractivity contribution in [3.63, 3.8) is 0 Å². The highest BCUT2D eigenvalue weighted by Gasteiger charge is 2.39. The Morgan fingerprint density at radius 3 is 2.36 bits per heavy atom. The molecule has 0 aromatic heterocycles. The number of ether oxygens (including phenoxy) is 1. The lowest BCUT2D eigenvalue weighted by molar-refractivity contribution is -0.160. The number of nitrogens with zero attached hydrogens (tertiary/aromatic N) is 1. The third-order valence-electron chi connectivity index (χ3n) is 2.04. The number of aliphatic hydroxyl groups is 1. The van der Waals surface area contributed by atoms with Gasteiger partial charge < -0.3 is 14.7 Å². The van der Waals surface area contributed by atoms with Gasteiger partial charge in [0.1, 0.15) is 6.61 Å². The lowest BCUT2D eigenvalue weighted by Gasteiger charge is -2.44. The lowest BCUT2D eigenvalue weighted by Crippen LogP contribution is -2.62. The molecule has 0 aromatic rings. The molecule has 82 valence electrons. The van der Waals surface area contributed by atoms with Crippen LogP contribution in [0.3, 0.4) is 0 Å². The smallest absolute Gasteiger partial charge is 0.248 e. The van der Waals surface area contributed by atoms with E-state index in [-0.39, 0.29) is 18.1 Å². The first-order valence-corrected chi connectivity index (χ1v) is 4.84. The highest BCUT2D eigenvalue weighted by atomic mass is 16.5. The largest absolute Gasteiger partial charge is 0.386 e. The average Bonchev–Trinajstić information content (AvgIpc) is 1.94. The molecule has 0 spiro atoms. The van der Waals surface area contributed by atoms with Crippen molar-refractivity contribution in [1.29, 1.82) is 0 Å². The fourth-order valence-corrected chi connectivity index (χ4v) is 1.32. The number of rotatable bonds is 2. The summed E-state index contributed by atoms with van der Waals surface area (Å²) in [5.74, 6) is -0.0496. The lowest BCUT2D eigenvalue weighted by atomic mass is 9.97. The number of hydrogen-bond donors (Lipinski definition) is 1. The molecular formula is C10H19NO3. The predicted octanol–water partition coefficient (Wildman–Crippen LogP) is 0.395. The Labute approximate surface area is 84.8 Å². The summed E-state index contributed by atoms with van der Waals surface area (Å²) >= 11 is 0. The van der Waals surface area contributed by atoms with E-state index in [4.69, 9.17) is 4.74 Å². The van der Waals surface area contributed by atoms with Crippen molar-refractivity contribution < 1.29 is 14.6 Å². The number of likely N-dealkylation sites (tertiary alicyclic amines) is 1. The van der Waals surface area contributed by atoms with Crippen LogP contribution in [-0.2, 0) is 9.53 Å². The molecule has 0 unspecified atom stereocenters. The molecule has 0 atom stereocenters. The van der Waals surface area contributed by atoms with Gasteiger partial charge >= 0.3 is 0 Å². The van der Waals surface area contributed by atoms with E-state index < -0.39 is 5.60 Å². The number of hydrogen-bond acceptors (Lipinski definition) is 3. The van der Waals surface area contributed by atoms with Crippen molar-refractivity contribution in [2.24, 2.45) is 0 Å². The van der Waals surface area contributed by atoms with E-state index in [1.165, 1.54) is 0 Å². The van der Waals surface area contributed by atoms with Gasteiger partial charge in [-0.25, -0.2) is 0 Å². The summed E-state index contributed by atoms with van der Waals surface area (Å²) in [6, 6.07) is 0. The second kappa shape index (κ2) is 3.51. The van der Waals surface area contributed by atoms with Gasteiger partial charge in [-0.1, -0.05) is 0 Å². The summed E-state index contributed by atoms with van der Waals surface area (Å²) in [7, 11) is 0. The van der Waals surface area contributed by atoms with Crippen LogP contribution >= 0.6 is 0 Å². The normalized spacial score (nSPS) is 20.5. The van der Waals surface area contributed by atoms with Gasteiger partial charge in [0.25, 0.3) is 0 Å². The Kier molecular flexibility index (Phi) is 2.88. The highest BCUT2D eigenvalue weighted by molar-refractivity contribution is 5.78. The summed E-state index contributed by atoms with van der Waals surface area (Å²) in [6.07, 6.45) is 0. The monoisotopic (exact) mass is 201 g/mol. The van der Waals surface area contributed by atoms with Gasteiger partial charge in [0, 0.05) is 0 Å². The molecule has 1 aliphatic heterocycles. The standard InChI is InChI=1S/C10H19NO3/c1-9(2,3)14-5-8(12)11-6-10(4,13)7-11/h13H,5-7H2,1-4H3. The van der Waals surface area contributed by atoms with E-state index in [9.17, 15) is 9.90 Å². The van der Waals surface area contributed by atoms with Gasteiger partial charge in [0.15, 0.2) is 0 Å². The fraction of sp³-hybridized carbons (Fsp3) is 0.900. The molecule has 14 heavy (non-hydrogen) atoms. The van der Waals surface area contributed by atoms with Crippen LogP contribution in [0.1, 0.15) is 27.7 Å². The minimum absolute atomic E-state index is 0.0496. The SMILES string of the molecule is CC1(O)CN(C(=O)COC(C)(C)C)C1. The second-order valence-electron chi connectivity index (χ2n) is 5.15. The molecule has 1 fully saturated rings. The van der Waals surface area contributed by atoms with E-state index in [0.717, 1.165) is 0 Å². The van der Waals surface area contributed by atoms with Crippen LogP contribution in [0.4, 0.5) is 0 Å². The van der Waals surface area contributed by atoms with Crippen molar-refractivity contribution in [3.05, 3.63) is 0 Å². The summed E-state index contributed by atoms with van der Waals surface area (Å²) < 4.78 is 5.34. The summed E-state index contributed by atoms with van der Waals surface area (Å²) in [6.45, 7) is 8.38. The Bertz CT molecular complexity index is 222. The Balaban J connectivity index is 2.25. The van der Waals surface area contributed by atoms with Crippen LogP contribution in [0.15, 0.2) is 0 Å². The van der Waals surface area contributed by atoms with Crippen molar-refractivity contribution in [2.45, 2.75) is 38.9 Å². The maximum atomic E-state index is 11.4. The molecule has 1 rings (SSSR count). The molecule has 4 heteroatoms. The van der Waals surface area contributed by atoms with Crippen LogP contribution in [-0.4, -0.2) is 46.8 Å². The zero-order chi connectivity index (χ0) is 11.0. The van der Waals surface area contributed by atoms with Crippen LogP contribution in [0, 0.1) is 0 Å². The van der Waals surface area contributed by atoms with Gasteiger partial charge in [-0.3, -0.25) is 4.79 Å². The molecule has 0 saturated carbocycles. The van der Waals surface area contributed by atoms with E-state index in [1.54, 1.807) is 11.8 Å². The molecular weight excluding hydrogens is 182 g/mol. The van der Waals surface area contributed by atoms with E-state index >= 15 is 0 Å². The Morgan fingerprint density at radius 2 is 2.00 bits per heavy atom. The Hall–Kier alpha value is -0.610. The molecule has 1 saturated heterocycles. The first-order valence-electron chi connectivity index (χ1n) is 4.84. The van der Waals surface area contributed by atoms with Gasteiger partial charge in [-0.15, -0.1) is 0 Å². The van der Waals surface area contributed by atoms with Crippen LogP contribution in [0.25, 0.3) is 0 Å². The maximum absolute atomic E-state index is 11.4. The zero-order valence-corrected chi connectivity index (χ0v) is 9.33. The van der Waals surface area contributed by atoms with Crippen molar-refractivity contribution in [1.82, 2.24) is 4.90 Å². The quantitative estimate of drug-likeness (QED) is 0.703. The minimum Gasteiger partial charge on any atom is -0.386 e. The average molecular weight is 201 g/mol. The van der Waals surface area contributed by atoms with Crippen molar-refractivity contribution >= 4 is 5.91 Å². The van der Waals surface area contributed by atoms with E-state index in [0.29, 0.717) is 13.1 Å². The molecule has 1 aliphatic rings. The number of amides is 1. The molecule has 0 bridgehead atoms. The van der Waals surface area contributed by atoms with Gasteiger partial charge in [-0.2, -0.15) is 0 Å². The van der Waals surface area contributed by atoms with Gasteiger partial charge in [0.2, 0.25) is 5.91 Å². The Morgan fingerprint density at radius 1 is 1.50 bits per heavy atom. The van der Waals surface area contributed by atoms with E-state index in [2.05, 4.69) is 0 Å². The molecule has 0 aliphatic carbocycles. The minimum atomic E-state index is -0.697. The number of carbonyl (C=O) groups is 1. The second-order valence-corrected chi connectivity index (χ2v) is 5.15. The fourth-order valence-electron chi connectivity index (χ4n) is 1.32. The molecule has 0 radical (unpaired) electrons. The van der Waals surface area contributed by atoms with Crippen LogP contribution < -0.4 is 0 Å². The summed E-state index contributed by atoms with van der Waals surface area (Å²) in [5.41, 5.74) is -0.986. The van der Waals surface area contributed by atoms with Crippen molar-refractivity contribution in [3.8, 4) is 0 Å². The first kappa shape index (κ1) is 11.5. The van der Waals surface area contributed by atoms with Crippen molar-refractivity contribution in [2.75, 3.05) is 19.7 Å².